The normalized spacial score (nSPS) is 16.0. The number of rotatable bonds is 7. The Labute approximate surface area is 143 Å². The van der Waals surface area contributed by atoms with Gasteiger partial charge in [0, 0.05) is 55.8 Å². The molecular weight excluding hydrogens is 308 g/mol. The average Bonchev–Trinajstić information content (AvgIpc) is 3.08. The Bertz CT molecular complexity index is 576. The molecule has 0 saturated carbocycles. The van der Waals surface area contributed by atoms with Crippen molar-refractivity contribution in [2.75, 3.05) is 37.6 Å². The molecule has 0 unspecified atom stereocenters. The second kappa shape index (κ2) is 8.37. The topological polar surface area (TPSA) is 24.3 Å². The van der Waals surface area contributed by atoms with Gasteiger partial charge in [-0.1, -0.05) is 24.1 Å². The van der Waals surface area contributed by atoms with Crippen LogP contribution < -0.4 is 4.90 Å². The number of piperazine rings is 1. The molecule has 1 saturated heterocycles. The number of benzene rings is 1. The molecule has 4 nitrogen and oxygen atoms in total. The third kappa shape index (κ3) is 4.98. The fourth-order valence-corrected chi connectivity index (χ4v) is 3.31. The predicted molar refractivity (Wildman–Crippen MR) is 96.2 cm³/mol. The van der Waals surface area contributed by atoms with Crippen molar-refractivity contribution in [2.45, 2.75) is 25.8 Å². The zero-order valence-corrected chi connectivity index (χ0v) is 14.3. The van der Waals surface area contributed by atoms with Crippen LogP contribution >= 0.6 is 11.6 Å². The van der Waals surface area contributed by atoms with Crippen LogP contribution in [0.15, 0.2) is 42.7 Å². The largest absolute Gasteiger partial charge is 0.369 e. The van der Waals surface area contributed by atoms with Gasteiger partial charge in [-0.2, -0.15) is 5.10 Å². The van der Waals surface area contributed by atoms with Crippen LogP contribution in [0.3, 0.4) is 0 Å². The number of halogens is 1. The van der Waals surface area contributed by atoms with Crippen molar-refractivity contribution < 1.29 is 0 Å². The van der Waals surface area contributed by atoms with Gasteiger partial charge in [0.25, 0.3) is 0 Å². The van der Waals surface area contributed by atoms with Crippen molar-refractivity contribution in [1.29, 1.82) is 0 Å². The number of aromatic nitrogens is 2. The Balaban J connectivity index is 1.31. The molecule has 23 heavy (non-hydrogen) atoms. The van der Waals surface area contributed by atoms with Gasteiger partial charge in [0.05, 0.1) is 0 Å². The third-order valence-electron chi connectivity index (χ3n) is 4.47. The van der Waals surface area contributed by atoms with Crippen molar-refractivity contribution >= 4 is 17.3 Å². The first-order chi connectivity index (χ1) is 11.3. The van der Waals surface area contributed by atoms with Gasteiger partial charge in [0.2, 0.25) is 0 Å². The highest BCUT2D eigenvalue weighted by Crippen LogP contribution is 2.20. The average molecular weight is 333 g/mol. The van der Waals surface area contributed by atoms with Gasteiger partial charge in [0.1, 0.15) is 0 Å². The summed E-state index contributed by atoms with van der Waals surface area (Å²) >= 11 is 6.08. The van der Waals surface area contributed by atoms with Crippen molar-refractivity contribution in [3.63, 3.8) is 0 Å². The maximum Gasteiger partial charge on any atom is 0.0489 e. The van der Waals surface area contributed by atoms with E-state index in [4.69, 9.17) is 11.6 Å². The summed E-state index contributed by atoms with van der Waals surface area (Å²) in [4.78, 5) is 5.01. The summed E-state index contributed by atoms with van der Waals surface area (Å²) in [5, 5.41) is 5.06. The molecule has 1 aliphatic rings. The van der Waals surface area contributed by atoms with Gasteiger partial charge in [-0.3, -0.25) is 9.58 Å². The molecule has 1 fully saturated rings. The van der Waals surface area contributed by atoms with Crippen LogP contribution in [0.5, 0.6) is 0 Å². The molecular formula is C18H25ClN4. The molecule has 0 N–H and O–H groups in total. The minimum absolute atomic E-state index is 0.821. The van der Waals surface area contributed by atoms with E-state index >= 15 is 0 Å². The number of anilines is 1. The van der Waals surface area contributed by atoms with E-state index in [1.807, 2.05) is 35.3 Å². The van der Waals surface area contributed by atoms with E-state index in [-0.39, 0.29) is 0 Å². The minimum atomic E-state index is 0.821. The summed E-state index contributed by atoms with van der Waals surface area (Å²) in [6, 6.07) is 10.2. The van der Waals surface area contributed by atoms with Gasteiger partial charge in [-0.05, 0) is 43.7 Å². The molecule has 0 bridgehead atoms. The van der Waals surface area contributed by atoms with Gasteiger partial charge < -0.3 is 4.90 Å². The third-order valence-corrected chi connectivity index (χ3v) is 4.70. The molecule has 2 aromatic rings. The zero-order chi connectivity index (χ0) is 15.9. The molecule has 0 atom stereocenters. The number of nitrogens with zero attached hydrogens (tertiary/aromatic N) is 4. The summed E-state index contributed by atoms with van der Waals surface area (Å²) in [5.74, 6) is 0. The van der Waals surface area contributed by atoms with Crippen molar-refractivity contribution in [3.8, 4) is 0 Å². The Morgan fingerprint density at radius 2 is 1.78 bits per heavy atom. The summed E-state index contributed by atoms with van der Waals surface area (Å²) in [7, 11) is 0. The molecule has 5 heteroatoms. The quantitative estimate of drug-likeness (QED) is 0.725. The number of unbranched alkanes of at least 4 members (excludes halogenated alkanes) is 2. The fraction of sp³-hybridized carbons (Fsp3) is 0.500. The highest BCUT2D eigenvalue weighted by Gasteiger charge is 2.16. The SMILES string of the molecule is Clc1cccc(N2CCN(CCCCCn3cccn3)CC2)c1. The minimum Gasteiger partial charge on any atom is -0.369 e. The molecule has 0 aliphatic carbocycles. The number of aryl methyl sites for hydroxylation is 1. The molecule has 3 rings (SSSR count). The lowest BCUT2D eigenvalue weighted by Gasteiger charge is -2.36. The first-order valence-corrected chi connectivity index (χ1v) is 8.89. The van der Waals surface area contributed by atoms with E-state index in [0.29, 0.717) is 0 Å². The van der Waals surface area contributed by atoms with Crippen LogP contribution in [0.2, 0.25) is 5.02 Å². The van der Waals surface area contributed by atoms with Crippen molar-refractivity contribution in [3.05, 3.63) is 47.7 Å². The Morgan fingerprint density at radius 1 is 0.957 bits per heavy atom. The van der Waals surface area contributed by atoms with Gasteiger partial charge in [-0.15, -0.1) is 0 Å². The van der Waals surface area contributed by atoms with Crippen molar-refractivity contribution in [1.82, 2.24) is 14.7 Å². The van der Waals surface area contributed by atoms with E-state index in [0.717, 1.165) is 37.7 Å². The fourth-order valence-electron chi connectivity index (χ4n) is 3.12. The summed E-state index contributed by atoms with van der Waals surface area (Å²) < 4.78 is 2.02. The molecule has 1 aromatic carbocycles. The van der Waals surface area contributed by atoms with Crippen LogP contribution in [-0.2, 0) is 6.54 Å². The van der Waals surface area contributed by atoms with Crippen LogP contribution in [0, 0.1) is 0 Å². The maximum atomic E-state index is 6.08. The highest BCUT2D eigenvalue weighted by molar-refractivity contribution is 6.30. The summed E-state index contributed by atoms with van der Waals surface area (Å²) in [5.41, 5.74) is 1.25. The molecule has 0 amide bonds. The molecule has 124 valence electrons. The van der Waals surface area contributed by atoms with Crippen LogP contribution in [0.25, 0.3) is 0 Å². The lowest BCUT2D eigenvalue weighted by molar-refractivity contribution is 0.251. The van der Waals surface area contributed by atoms with Gasteiger partial charge >= 0.3 is 0 Å². The smallest absolute Gasteiger partial charge is 0.0489 e. The zero-order valence-electron chi connectivity index (χ0n) is 13.6. The molecule has 0 radical (unpaired) electrons. The highest BCUT2D eigenvalue weighted by atomic mass is 35.5. The van der Waals surface area contributed by atoms with Gasteiger partial charge in [0.15, 0.2) is 0 Å². The first kappa shape index (κ1) is 16.3. The molecule has 0 spiro atoms. The van der Waals surface area contributed by atoms with Crippen LogP contribution in [0.4, 0.5) is 5.69 Å². The number of hydrogen-bond acceptors (Lipinski definition) is 3. The lowest BCUT2D eigenvalue weighted by Crippen LogP contribution is -2.46. The Kier molecular flexibility index (Phi) is 5.94. The molecule has 1 aliphatic heterocycles. The van der Waals surface area contributed by atoms with E-state index in [9.17, 15) is 0 Å². The monoisotopic (exact) mass is 332 g/mol. The second-order valence-electron chi connectivity index (χ2n) is 6.14. The van der Waals surface area contributed by atoms with Crippen molar-refractivity contribution in [2.24, 2.45) is 0 Å². The first-order valence-electron chi connectivity index (χ1n) is 8.51. The van der Waals surface area contributed by atoms with Crippen LogP contribution in [0.1, 0.15) is 19.3 Å². The van der Waals surface area contributed by atoms with E-state index in [2.05, 4.69) is 27.0 Å². The molecule has 2 heterocycles. The standard InChI is InChI=1S/C18H25ClN4/c19-17-6-4-7-18(16-17)22-14-12-21(13-15-22)9-2-1-3-10-23-11-5-8-20-23/h4-8,11,16H,1-3,9-10,12-15H2. The van der Waals surface area contributed by atoms with E-state index < -0.39 is 0 Å². The summed E-state index contributed by atoms with van der Waals surface area (Å²) in [6.07, 6.45) is 7.64. The maximum absolute atomic E-state index is 6.08. The molecule has 1 aromatic heterocycles. The second-order valence-corrected chi connectivity index (χ2v) is 6.57. The van der Waals surface area contributed by atoms with E-state index in [1.165, 1.54) is 31.5 Å². The van der Waals surface area contributed by atoms with Gasteiger partial charge in [-0.25, -0.2) is 0 Å². The Morgan fingerprint density at radius 3 is 2.52 bits per heavy atom. The number of hydrogen-bond donors (Lipinski definition) is 0. The summed E-state index contributed by atoms with van der Waals surface area (Å²) in [6.45, 7) is 6.72. The lowest BCUT2D eigenvalue weighted by atomic mass is 10.2. The van der Waals surface area contributed by atoms with E-state index in [1.54, 1.807) is 0 Å². The predicted octanol–water partition coefficient (Wildman–Crippen LogP) is 3.53. The Hall–Kier alpha value is -1.52. The van der Waals surface area contributed by atoms with Crippen LogP contribution in [-0.4, -0.2) is 47.4 Å².